The second kappa shape index (κ2) is 14.6. The molecule has 40 heavy (non-hydrogen) atoms. The third-order valence-corrected chi connectivity index (χ3v) is 7.44. The molecule has 1 aromatic heterocycles. The van der Waals surface area contributed by atoms with Crippen LogP contribution >= 0.6 is 23.2 Å². The molecule has 2 heterocycles. The topological polar surface area (TPSA) is 135 Å². The average Bonchev–Trinajstić information content (AvgIpc) is 3.30. The number of aliphatic hydroxyl groups is 1. The highest BCUT2D eigenvalue weighted by molar-refractivity contribution is 6.40. The summed E-state index contributed by atoms with van der Waals surface area (Å²) in [7, 11) is 0. The molecule has 3 aromatic rings. The zero-order valence-corrected chi connectivity index (χ0v) is 23.3. The highest BCUT2D eigenvalue weighted by atomic mass is 35.5. The van der Waals surface area contributed by atoms with Crippen molar-refractivity contribution in [3.05, 3.63) is 87.4 Å². The lowest BCUT2D eigenvalue weighted by Gasteiger charge is -2.36. The maximum Gasteiger partial charge on any atom is 0.243 e. The van der Waals surface area contributed by atoms with Crippen LogP contribution in [-0.4, -0.2) is 37.8 Å². The number of aromatic nitrogens is 2. The molecule has 10 nitrogen and oxygen atoms in total. The standard InChI is InChI=1S/C28H32Cl2N4O6/c29-26-27(30)34(17-32-26)15-22-13-23(20-9-7-19(16-35)8-10-20)40-28(39-22)21-11-5-18(6-12-21)14-31-24(36)3-1-2-4-25(37)33-38/h5-12,17,22-23,28,35,38H,1-4,13-16H2,(H,31,36)(H,33,37)/t22-,23+,28+/m0/s1. The number of aliphatic hydroxyl groups excluding tert-OH is 1. The summed E-state index contributed by atoms with van der Waals surface area (Å²) in [6, 6.07) is 15.3. The Kier molecular flexibility index (Phi) is 10.9. The van der Waals surface area contributed by atoms with Gasteiger partial charge in [-0.2, -0.15) is 0 Å². The van der Waals surface area contributed by atoms with Crippen LogP contribution < -0.4 is 10.8 Å². The highest BCUT2D eigenvalue weighted by Gasteiger charge is 2.32. The molecule has 2 aromatic carbocycles. The predicted octanol–water partition coefficient (Wildman–Crippen LogP) is 4.61. The number of imidazole rings is 1. The predicted molar refractivity (Wildman–Crippen MR) is 147 cm³/mol. The molecule has 1 aliphatic rings. The van der Waals surface area contributed by atoms with Crippen LogP contribution in [0.2, 0.25) is 10.3 Å². The lowest BCUT2D eigenvalue weighted by molar-refractivity contribution is -0.252. The van der Waals surface area contributed by atoms with E-state index < -0.39 is 12.2 Å². The first kappa shape index (κ1) is 30.0. The molecule has 0 aliphatic carbocycles. The second-order valence-corrected chi connectivity index (χ2v) is 10.3. The fourth-order valence-corrected chi connectivity index (χ4v) is 4.74. The van der Waals surface area contributed by atoms with Crippen molar-refractivity contribution >= 4 is 35.0 Å². The van der Waals surface area contributed by atoms with E-state index in [-0.39, 0.29) is 36.3 Å². The van der Waals surface area contributed by atoms with Gasteiger partial charge in [0.05, 0.1) is 31.7 Å². The van der Waals surface area contributed by atoms with Gasteiger partial charge in [-0.3, -0.25) is 14.8 Å². The van der Waals surface area contributed by atoms with Crippen molar-refractivity contribution in [2.45, 2.75) is 70.3 Å². The summed E-state index contributed by atoms with van der Waals surface area (Å²) in [6.07, 6.45) is 2.57. The number of hydrogen-bond acceptors (Lipinski definition) is 7. The van der Waals surface area contributed by atoms with Gasteiger partial charge >= 0.3 is 0 Å². The minimum Gasteiger partial charge on any atom is -0.392 e. The molecule has 1 fully saturated rings. The number of carbonyl (C=O) groups excluding carboxylic acids is 2. The molecule has 214 valence electrons. The van der Waals surface area contributed by atoms with E-state index in [2.05, 4.69) is 10.3 Å². The summed E-state index contributed by atoms with van der Waals surface area (Å²) in [6.45, 7) is 0.777. The van der Waals surface area contributed by atoms with Crippen LogP contribution in [-0.2, 0) is 38.8 Å². The van der Waals surface area contributed by atoms with E-state index in [1.807, 2.05) is 48.5 Å². The number of ether oxygens (including phenoxy) is 2. The Morgan fingerprint density at radius 3 is 2.23 bits per heavy atom. The Balaban J connectivity index is 1.39. The van der Waals surface area contributed by atoms with E-state index >= 15 is 0 Å². The van der Waals surface area contributed by atoms with Gasteiger partial charge in [0, 0.05) is 31.4 Å². The van der Waals surface area contributed by atoms with Gasteiger partial charge in [0.2, 0.25) is 11.8 Å². The number of nitrogens with one attached hydrogen (secondary N) is 2. The molecule has 0 saturated carbocycles. The number of nitrogens with zero attached hydrogens (tertiary/aromatic N) is 2. The third-order valence-electron chi connectivity index (χ3n) is 6.67. The molecule has 1 aliphatic heterocycles. The van der Waals surface area contributed by atoms with Crippen molar-refractivity contribution in [2.75, 3.05) is 0 Å². The average molecular weight is 591 g/mol. The largest absolute Gasteiger partial charge is 0.392 e. The fourth-order valence-electron chi connectivity index (χ4n) is 4.43. The van der Waals surface area contributed by atoms with Gasteiger partial charge in [-0.25, -0.2) is 10.5 Å². The zero-order chi connectivity index (χ0) is 28.5. The lowest BCUT2D eigenvalue weighted by atomic mass is 10.00. The molecular formula is C28H32Cl2N4O6. The second-order valence-electron chi connectivity index (χ2n) is 9.59. The van der Waals surface area contributed by atoms with Crippen LogP contribution in [0.4, 0.5) is 0 Å². The molecule has 12 heteroatoms. The fraction of sp³-hybridized carbons (Fsp3) is 0.393. The molecule has 0 bridgehead atoms. The Morgan fingerprint density at radius 1 is 0.950 bits per heavy atom. The van der Waals surface area contributed by atoms with E-state index in [4.69, 9.17) is 37.9 Å². The first-order valence-electron chi connectivity index (χ1n) is 13.0. The van der Waals surface area contributed by atoms with Crippen molar-refractivity contribution in [1.29, 1.82) is 0 Å². The maximum atomic E-state index is 12.1. The van der Waals surface area contributed by atoms with E-state index in [9.17, 15) is 14.7 Å². The molecule has 4 rings (SSSR count). The van der Waals surface area contributed by atoms with Crippen molar-refractivity contribution < 1.29 is 29.4 Å². The molecule has 0 radical (unpaired) electrons. The van der Waals surface area contributed by atoms with E-state index in [0.29, 0.717) is 43.9 Å². The van der Waals surface area contributed by atoms with Gasteiger partial charge in [-0.15, -0.1) is 0 Å². The molecule has 0 spiro atoms. The maximum absolute atomic E-state index is 12.1. The van der Waals surface area contributed by atoms with Gasteiger partial charge in [0.1, 0.15) is 5.15 Å². The Morgan fingerprint density at radius 2 is 1.60 bits per heavy atom. The summed E-state index contributed by atoms with van der Waals surface area (Å²) in [5, 5.41) is 21.4. The number of hydroxylamine groups is 1. The Bertz CT molecular complexity index is 1270. The van der Waals surface area contributed by atoms with Gasteiger partial charge < -0.3 is 24.5 Å². The van der Waals surface area contributed by atoms with Crippen LogP contribution in [0.25, 0.3) is 0 Å². The minimum atomic E-state index is -0.640. The summed E-state index contributed by atoms with van der Waals surface area (Å²) >= 11 is 12.3. The summed E-state index contributed by atoms with van der Waals surface area (Å²) in [4.78, 5) is 27.2. The summed E-state index contributed by atoms with van der Waals surface area (Å²) in [5.41, 5.74) is 5.12. The number of hydrogen-bond donors (Lipinski definition) is 4. The molecule has 3 atom stereocenters. The molecule has 2 amide bonds. The lowest BCUT2D eigenvalue weighted by Crippen LogP contribution is -2.32. The zero-order valence-electron chi connectivity index (χ0n) is 21.8. The van der Waals surface area contributed by atoms with Crippen LogP contribution in [0.3, 0.4) is 0 Å². The smallest absolute Gasteiger partial charge is 0.243 e. The van der Waals surface area contributed by atoms with Crippen molar-refractivity contribution in [3.8, 4) is 0 Å². The first-order chi connectivity index (χ1) is 19.4. The highest BCUT2D eigenvalue weighted by Crippen LogP contribution is 2.39. The summed E-state index contributed by atoms with van der Waals surface area (Å²) in [5.74, 6) is -0.567. The van der Waals surface area contributed by atoms with Gasteiger partial charge in [-0.05, 0) is 29.5 Å². The Hall–Kier alpha value is -2.99. The number of amides is 2. The van der Waals surface area contributed by atoms with Crippen LogP contribution in [0.5, 0.6) is 0 Å². The van der Waals surface area contributed by atoms with Gasteiger partial charge in [0.15, 0.2) is 11.4 Å². The normalized spacial score (nSPS) is 18.9. The first-order valence-corrected chi connectivity index (χ1v) is 13.8. The van der Waals surface area contributed by atoms with Crippen molar-refractivity contribution in [3.63, 3.8) is 0 Å². The van der Waals surface area contributed by atoms with Gasteiger partial charge in [0.25, 0.3) is 0 Å². The van der Waals surface area contributed by atoms with Gasteiger partial charge in [-0.1, -0.05) is 71.7 Å². The number of carbonyl (C=O) groups is 2. The Labute approximate surface area is 242 Å². The van der Waals surface area contributed by atoms with Crippen LogP contribution in [0.15, 0.2) is 54.9 Å². The monoisotopic (exact) mass is 590 g/mol. The molecule has 1 saturated heterocycles. The molecule has 0 unspecified atom stereocenters. The van der Waals surface area contributed by atoms with E-state index in [1.165, 1.54) is 0 Å². The SMILES string of the molecule is O=C(CCCCC(=O)NCc1ccc([C@@H]2O[C@H](Cn3cnc(Cl)c3Cl)C[C@H](c3ccc(CO)cc3)O2)cc1)NO. The number of benzene rings is 2. The summed E-state index contributed by atoms with van der Waals surface area (Å²) < 4.78 is 14.4. The van der Waals surface area contributed by atoms with Crippen LogP contribution in [0.1, 0.15) is 66.8 Å². The quantitative estimate of drug-likeness (QED) is 0.137. The number of rotatable bonds is 12. The van der Waals surface area contributed by atoms with Crippen molar-refractivity contribution in [1.82, 2.24) is 20.3 Å². The van der Waals surface area contributed by atoms with E-state index in [0.717, 1.165) is 22.3 Å². The van der Waals surface area contributed by atoms with Crippen molar-refractivity contribution in [2.24, 2.45) is 0 Å². The van der Waals surface area contributed by atoms with E-state index in [1.54, 1.807) is 16.4 Å². The molecular weight excluding hydrogens is 559 g/mol. The molecule has 4 N–H and O–H groups in total. The number of halogens is 2. The third kappa shape index (κ3) is 8.26. The van der Waals surface area contributed by atoms with Crippen LogP contribution in [0, 0.1) is 0 Å². The number of unbranched alkanes of at least 4 members (excludes halogenated alkanes) is 1. The minimum absolute atomic E-state index is 0.0315.